The number of nitrogens with zero attached hydrogens (tertiary/aromatic N) is 2. The Bertz CT molecular complexity index is 622. The van der Waals surface area contributed by atoms with Gasteiger partial charge in [-0.3, -0.25) is 9.32 Å². The van der Waals surface area contributed by atoms with Gasteiger partial charge in [-0.1, -0.05) is 23.4 Å². The molecule has 0 bridgehead atoms. The highest BCUT2D eigenvalue weighted by Crippen LogP contribution is 2.24. The summed E-state index contributed by atoms with van der Waals surface area (Å²) in [5.41, 5.74) is 2.43. The van der Waals surface area contributed by atoms with E-state index >= 15 is 0 Å². The first kappa shape index (κ1) is 11.6. The average Bonchev–Trinajstić information content (AvgIpc) is 2.60. The van der Waals surface area contributed by atoms with E-state index in [2.05, 4.69) is 9.68 Å². The van der Waals surface area contributed by atoms with Crippen molar-refractivity contribution in [1.82, 2.24) is 9.72 Å². The molecule has 0 radical (unpaired) electrons. The van der Waals surface area contributed by atoms with Gasteiger partial charge in [0, 0.05) is 5.56 Å². The molecule has 0 aliphatic heterocycles. The molecule has 2 rings (SSSR count). The first-order valence-electron chi connectivity index (χ1n) is 4.87. The fourth-order valence-corrected chi connectivity index (χ4v) is 1.88. The van der Waals surface area contributed by atoms with E-state index in [9.17, 15) is 9.59 Å². The standard InChI is InChI=1S/C11H9ClN2O3/c1-6-4-3-5-7(2)8(6)9-13-17-11(16)14(9)10(12)15/h3-5H,1-2H3. The van der Waals surface area contributed by atoms with Crippen molar-refractivity contribution in [3.63, 3.8) is 0 Å². The molecule has 0 saturated carbocycles. The number of rotatable bonds is 1. The van der Waals surface area contributed by atoms with Crippen LogP contribution in [0.4, 0.5) is 4.79 Å². The SMILES string of the molecule is Cc1cccc(C)c1-c1noc(=O)n1C(=O)Cl. The molecule has 0 aliphatic carbocycles. The third-order valence-electron chi connectivity index (χ3n) is 2.49. The van der Waals surface area contributed by atoms with Crippen LogP contribution in [0.15, 0.2) is 27.5 Å². The number of halogens is 1. The van der Waals surface area contributed by atoms with E-state index in [1.165, 1.54) is 0 Å². The zero-order chi connectivity index (χ0) is 12.6. The topological polar surface area (TPSA) is 65.1 Å². The Morgan fingerprint density at radius 1 is 1.35 bits per heavy atom. The van der Waals surface area contributed by atoms with Crippen LogP contribution in [0.3, 0.4) is 0 Å². The first-order chi connectivity index (χ1) is 8.02. The predicted octanol–water partition coefficient (Wildman–Crippen LogP) is 2.33. The van der Waals surface area contributed by atoms with Crippen LogP contribution >= 0.6 is 11.6 Å². The van der Waals surface area contributed by atoms with Crippen LogP contribution in [0.5, 0.6) is 0 Å². The fourth-order valence-electron chi connectivity index (χ4n) is 1.73. The summed E-state index contributed by atoms with van der Waals surface area (Å²) in [7, 11) is 0. The van der Waals surface area contributed by atoms with Gasteiger partial charge in [-0.25, -0.2) is 4.79 Å². The molecule has 1 heterocycles. The van der Waals surface area contributed by atoms with Crippen LogP contribution in [0.1, 0.15) is 11.1 Å². The van der Waals surface area contributed by atoms with Crippen LogP contribution in [0.2, 0.25) is 0 Å². The monoisotopic (exact) mass is 252 g/mol. The van der Waals surface area contributed by atoms with Crippen molar-refractivity contribution in [1.29, 1.82) is 0 Å². The lowest BCUT2D eigenvalue weighted by Gasteiger charge is -2.06. The van der Waals surface area contributed by atoms with E-state index in [-0.39, 0.29) is 5.82 Å². The third kappa shape index (κ3) is 1.89. The van der Waals surface area contributed by atoms with E-state index in [1.807, 2.05) is 32.0 Å². The lowest BCUT2D eigenvalue weighted by atomic mass is 10.0. The Labute approximate surface area is 102 Å². The fraction of sp³-hybridized carbons (Fsp3) is 0.182. The summed E-state index contributed by atoms with van der Waals surface area (Å²) in [6, 6.07) is 5.58. The zero-order valence-corrected chi connectivity index (χ0v) is 9.99. The number of carbonyl (C=O) groups is 1. The second kappa shape index (κ2) is 4.18. The predicted molar refractivity (Wildman–Crippen MR) is 62.3 cm³/mol. The molecular weight excluding hydrogens is 244 g/mol. The summed E-state index contributed by atoms with van der Waals surface area (Å²) >= 11 is 5.33. The first-order valence-corrected chi connectivity index (χ1v) is 5.25. The van der Waals surface area contributed by atoms with Gasteiger partial charge >= 0.3 is 11.1 Å². The van der Waals surface area contributed by atoms with Gasteiger partial charge < -0.3 is 0 Å². The molecular formula is C11H9ClN2O3. The van der Waals surface area contributed by atoms with Crippen molar-refractivity contribution in [2.24, 2.45) is 0 Å². The van der Waals surface area contributed by atoms with E-state index in [0.717, 1.165) is 11.1 Å². The Balaban J connectivity index is 2.78. The Hall–Kier alpha value is -1.88. The van der Waals surface area contributed by atoms with E-state index < -0.39 is 11.1 Å². The molecule has 0 amide bonds. The van der Waals surface area contributed by atoms with Crippen molar-refractivity contribution in [2.45, 2.75) is 13.8 Å². The number of aryl methyl sites for hydroxylation is 2. The maximum atomic E-state index is 11.3. The number of carbonyl (C=O) groups excluding carboxylic acids is 1. The third-order valence-corrected chi connectivity index (χ3v) is 2.65. The minimum Gasteiger partial charge on any atom is -0.295 e. The molecule has 0 atom stereocenters. The molecule has 88 valence electrons. The summed E-state index contributed by atoms with van der Waals surface area (Å²) < 4.78 is 5.18. The second-order valence-electron chi connectivity index (χ2n) is 3.63. The maximum Gasteiger partial charge on any atom is 0.449 e. The molecule has 0 aliphatic rings. The second-order valence-corrected chi connectivity index (χ2v) is 3.95. The molecule has 0 saturated heterocycles. The Morgan fingerprint density at radius 3 is 2.47 bits per heavy atom. The molecule has 0 unspecified atom stereocenters. The van der Waals surface area contributed by atoms with E-state index in [4.69, 9.17) is 11.6 Å². The minimum atomic E-state index is -0.936. The van der Waals surface area contributed by atoms with Gasteiger partial charge in [0.2, 0.25) is 0 Å². The zero-order valence-electron chi connectivity index (χ0n) is 9.23. The molecule has 5 nitrogen and oxygen atoms in total. The van der Waals surface area contributed by atoms with Gasteiger partial charge in [-0.15, -0.1) is 0 Å². The molecule has 1 aromatic carbocycles. The average molecular weight is 253 g/mol. The summed E-state index contributed by atoms with van der Waals surface area (Å²) in [5.74, 6) is -0.756. The molecule has 6 heteroatoms. The van der Waals surface area contributed by atoms with Crippen LogP contribution < -0.4 is 5.76 Å². The summed E-state index contributed by atoms with van der Waals surface area (Å²) in [4.78, 5) is 22.5. The number of hydrogen-bond acceptors (Lipinski definition) is 4. The molecule has 0 fully saturated rings. The van der Waals surface area contributed by atoms with Gasteiger partial charge in [-0.2, -0.15) is 4.57 Å². The Morgan fingerprint density at radius 2 is 1.94 bits per heavy atom. The smallest absolute Gasteiger partial charge is 0.295 e. The van der Waals surface area contributed by atoms with Crippen molar-refractivity contribution in [2.75, 3.05) is 0 Å². The highest BCUT2D eigenvalue weighted by Gasteiger charge is 2.20. The van der Waals surface area contributed by atoms with Gasteiger partial charge in [0.05, 0.1) is 0 Å². The highest BCUT2D eigenvalue weighted by atomic mass is 35.5. The molecule has 0 N–H and O–H groups in total. The van der Waals surface area contributed by atoms with Crippen LogP contribution in [-0.2, 0) is 0 Å². The van der Waals surface area contributed by atoms with Crippen LogP contribution in [0.25, 0.3) is 11.4 Å². The molecule has 0 spiro atoms. The lowest BCUT2D eigenvalue weighted by molar-refractivity contribution is 0.259. The lowest BCUT2D eigenvalue weighted by Crippen LogP contribution is -2.19. The summed E-state index contributed by atoms with van der Waals surface area (Å²) in [6.07, 6.45) is 0. The number of hydrogen-bond donors (Lipinski definition) is 0. The Kier molecular flexibility index (Phi) is 2.85. The molecule has 1 aromatic heterocycles. The normalized spacial score (nSPS) is 10.5. The molecule has 17 heavy (non-hydrogen) atoms. The van der Waals surface area contributed by atoms with Gasteiger partial charge in [0.25, 0.3) is 0 Å². The number of benzene rings is 1. The quantitative estimate of drug-likeness (QED) is 0.731. The van der Waals surface area contributed by atoms with Gasteiger partial charge in [-0.05, 0) is 36.6 Å². The van der Waals surface area contributed by atoms with E-state index in [0.29, 0.717) is 10.1 Å². The minimum absolute atomic E-state index is 0.130. The van der Waals surface area contributed by atoms with Crippen molar-refractivity contribution < 1.29 is 9.32 Å². The van der Waals surface area contributed by atoms with Crippen molar-refractivity contribution in [3.05, 3.63) is 39.9 Å². The summed E-state index contributed by atoms with van der Waals surface area (Å²) in [5, 5.41) is 2.66. The van der Waals surface area contributed by atoms with E-state index in [1.54, 1.807) is 0 Å². The highest BCUT2D eigenvalue weighted by molar-refractivity contribution is 6.63. The van der Waals surface area contributed by atoms with Crippen LogP contribution in [0, 0.1) is 13.8 Å². The largest absolute Gasteiger partial charge is 0.449 e. The van der Waals surface area contributed by atoms with Crippen molar-refractivity contribution in [3.8, 4) is 11.4 Å². The van der Waals surface area contributed by atoms with Gasteiger partial charge in [0.1, 0.15) is 0 Å². The maximum absolute atomic E-state index is 11.3. The summed E-state index contributed by atoms with van der Waals surface area (Å²) in [6.45, 7) is 3.70. The van der Waals surface area contributed by atoms with Gasteiger partial charge in [0.15, 0.2) is 5.82 Å². The molecule has 2 aromatic rings. The number of aromatic nitrogens is 2. The van der Waals surface area contributed by atoms with Crippen LogP contribution in [-0.4, -0.2) is 15.1 Å². The van der Waals surface area contributed by atoms with Crippen molar-refractivity contribution >= 4 is 17.0 Å².